The van der Waals surface area contributed by atoms with Gasteiger partial charge in [-0.2, -0.15) is 0 Å². The van der Waals surface area contributed by atoms with Gasteiger partial charge in [0.1, 0.15) is 0 Å². The van der Waals surface area contributed by atoms with Gasteiger partial charge >= 0.3 is 0 Å². The van der Waals surface area contributed by atoms with Crippen LogP contribution in [-0.4, -0.2) is 57.8 Å². The molecule has 114 valence electrons. The zero-order chi connectivity index (χ0) is 14.5. The molecule has 0 amide bonds. The van der Waals surface area contributed by atoms with E-state index in [0.717, 1.165) is 19.4 Å². The van der Waals surface area contributed by atoms with Crippen molar-refractivity contribution in [3.05, 3.63) is 0 Å². The fraction of sp³-hybridized carbons (Fsp3) is 1.00. The summed E-state index contributed by atoms with van der Waals surface area (Å²) in [7, 11) is 0.916. The summed E-state index contributed by atoms with van der Waals surface area (Å²) in [6, 6.07) is 0.405. The normalized spacial score (nSPS) is 18.8. The van der Waals surface area contributed by atoms with Crippen molar-refractivity contribution in [3.63, 3.8) is 0 Å². The summed E-state index contributed by atoms with van der Waals surface area (Å²) in [5.74, 6) is 0.205. The van der Waals surface area contributed by atoms with Crippen LogP contribution in [0.25, 0.3) is 0 Å². The van der Waals surface area contributed by atoms with Crippen molar-refractivity contribution in [1.82, 2.24) is 14.9 Å². The quantitative estimate of drug-likeness (QED) is 0.616. The maximum Gasteiger partial charge on any atom is 0.211 e. The number of hydrogen-bond donors (Lipinski definition) is 2. The zero-order valence-electron chi connectivity index (χ0n) is 12.7. The van der Waals surface area contributed by atoms with Crippen LogP contribution < -0.4 is 10.0 Å². The molecule has 0 saturated heterocycles. The van der Waals surface area contributed by atoms with E-state index < -0.39 is 10.0 Å². The van der Waals surface area contributed by atoms with Crippen LogP contribution in [-0.2, 0) is 10.0 Å². The van der Waals surface area contributed by atoms with Gasteiger partial charge in [-0.25, -0.2) is 13.1 Å². The van der Waals surface area contributed by atoms with E-state index in [0.29, 0.717) is 19.0 Å². The van der Waals surface area contributed by atoms with Crippen LogP contribution in [0.1, 0.15) is 39.5 Å². The first-order chi connectivity index (χ1) is 8.77. The van der Waals surface area contributed by atoms with E-state index in [2.05, 4.69) is 28.8 Å². The number of nitrogens with zero attached hydrogens (tertiary/aromatic N) is 1. The van der Waals surface area contributed by atoms with Crippen molar-refractivity contribution in [2.24, 2.45) is 0 Å². The lowest BCUT2D eigenvalue weighted by Gasteiger charge is -2.47. The minimum Gasteiger partial charge on any atom is -0.314 e. The predicted octanol–water partition coefficient (Wildman–Crippen LogP) is 0.778. The van der Waals surface area contributed by atoms with Gasteiger partial charge in [-0.1, -0.05) is 13.8 Å². The molecule has 5 nitrogen and oxygen atoms in total. The minimum absolute atomic E-state index is 0.0449. The van der Waals surface area contributed by atoms with Crippen molar-refractivity contribution < 1.29 is 8.42 Å². The maximum atomic E-state index is 11.9. The predicted molar refractivity (Wildman–Crippen MR) is 79.8 cm³/mol. The smallest absolute Gasteiger partial charge is 0.211 e. The van der Waals surface area contributed by atoms with Crippen LogP contribution >= 0.6 is 0 Å². The van der Waals surface area contributed by atoms with Gasteiger partial charge in [-0.3, -0.25) is 0 Å². The Kier molecular flexibility index (Phi) is 6.23. The van der Waals surface area contributed by atoms with E-state index in [4.69, 9.17) is 0 Å². The molecule has 0 bridgehead atoms. The molecule has 6 heteroatoms. The van der Waals surface area contributed by atoms with Crippen molar-refractivity contribution in [1.29, 1.82) is 0 Å². The highest BCUT2D eigenvalue weighted by Crippen LogP contribution is 2.35. The molecule has 0 aromatic heterocycles. The lowest BCUT2D eigenvalue weighted by atomic mass is 9.76. The van der Waals surface area contributed by atoms with Gasteiger partial charge in [0, 0.05) is 18.1 Å². The highest BCUT2D eigenvalue weighted by Gasteiger charge is 2.39. The highest BCUT2D eigenvalue weighted by atomic mass is 32.2. The number of sulfonamides is 1. The van der Waals surface area contributed by atoms with Gasteiger partial charge in [-0.05, 0) is 46.3 Å². The highest BCUT2D eigenvalue weighted by molar-refractivity contribution is 7.89. The van der Waals surface area contributed by atoms with E-state index >= 15 is 0 Å². The third kappa shape index (κ3) is 5.38. The molecular weight excluding hydrogens is 262 g/mol. The van der Waals surface area contributed by atoms with Gasteiger partial charge in [0.25, 0.3) is 0 Å². The Labute approximate surface area is 118 Å². The average Bonchev–Trinajstić information content (AvgIpc) is 2.22. The summed E-state index contributed by atoms with van der Waals surface area (Å²) < 4.78 is 26.6. The van der Waals surface area contributed by atoms with Crippen LogP contribution in [0, 0.1) is 0 Å². The molecule has 1 saturated carbocycles. The molecule has 0 radical (unpaired) electrons. The van der Waals surface area contributed by atoms with Gasteiger partial charge in [0.2, 0.25) is 10.0 Å². The van der Waals surface area contributed by atoms with Crippen molar-refractivity contribution in [2.45, 2.75) is 51.1 Å². The second-order valence-electron chi connectivity index (χ2n) is 6.07. The minimum atomic E-state index is -3.14. The zero-order valence-corrected chi connectivity index (χ0v) is 13.5. The Morgan fingerprint density at radius 1 is 1.26 bits per heavy atom. The Hall–Kier alpha value is -0.170. The molecule has 0 atom stereocenters. The summed E-state index contributed by atoms with van der Waals surface area (Å²) in [5, 5.41) is 3.23. The molecule has 2 N–H and O–H groups in total. The van der Waals surface area contributed by atoms with E-state index in [9.17, 15) is 8.42 Å². The SMILES string of the molecule is CC(C)NCCCS(=O)(=O)NCC1(N(C)C)CCC1. The van der Waals surface area contributed by atoms with Gasteiger partial charge in [-0.15, -0.1) is 0 Å². The molecule has 1 fully saturated rings. The van der Waals surface area contributed by atoms with Crippen molar-refractivity contribution >= 4 is 10.0 Å². The Morgan fingerprint density at radius 2 is 1.89 bits per heavy atom. The first-order valence-corrected chi connectivity index (χ1v) is 8.81. The molecule has 0 spiro atoms. The Balaban J connectivity index is 2.30. The molecule has 0 unspecified atom stereocenters. The molecule has 1 aliphatic carbocycles. The van der Waals surface area contributed by atoms with Crippen LogP contribution in [0.15, 0.2) is 0 Å². The number of likely N-dealkylation sites (N-methyl/N-ethyl adjacent to an activating group) is 1. The Morgan fingerprint density at radius 3 is 2.32 bits per heavy atom. The van der Waals surface area contributed by atoms with Gasteiger partial charge in [0.05, 0.1) is 5.75 Å². The maximum absolute atomic E-state index is 11.9. The molecule has 0 aromatic rings. The summed E-state index contributed by atoms with van der Waals surface area (Å²) in [6.07, 6.45) is 4.01. The summed E-state index contributed by atoms with van der Waals surface area (Å²) in [4.78, 5) is 2.15. The second-order valence-corrected chi connectivity index (χ2v) is 8.00. The number of nitrogens with one attached hydrogen (secondary N) is 2. The second kappa shape index (κ2) is 7.02. The third-order valence-corrected chi connectivity index (χ3v) is 5.41. The van der Waals surface area contributed by atoms with Crippen LogP contribution in [0.4, 0.5) is 0 Å². The molecule has 1 rings (SSSR count). The lowest BCUT2D eigenvalue weighted by molar-refractivity contribution is 0.0657. The Bertz CT molecular complexity index is 362. The van der Waals surface area contributed by atoms with E-state index in [1.165, 1.54) is 6.42 Å². The summed E-state index contributed by atoms with van der Waals surface area (Å²) >= 11 is 0. The molecular formula is C13H29N3O2S. The molecule has 19 heavy (non-hydrogen) atoms. The lowest BCUT2D eigenvalue weighted by Crippen LogP contribution is -2.57. The molecule has 0 heterocycles. The van der Waals surface area contributed by atoms with Gasteiger partial charge < -0.3 is 10.2 Å². The third-order valence-electron chi connectivity index (χ3n) is 4.00. The van der Waals surface area contributed by atoms with E-state index in [1.54, 1.807) is 0 Å². The van der Waals surface area contributed by atoms with Crippen molar-refractivity contribution in [3.8, 4) is 0 Å². The first-order valence-electron chi connectivity index (χ1n) is 7.16. The first kappa shape index (κ1) is 16.9. The summed E-state index contributed by atoms with van der Waals surface area (Å²) in [6.45, 7) is 5.41. The van der Waals surface area contributed by atoms with E-state index in [1.807, 2.05) is 14.1 Å². The topological polar surface area (TPSA) is 61.4 Å². The molecule has 0 aromatic carbocycles. The number of hydrogen-bond acceptors (Lipinski definition) is 4. The fourth-order valence-corrected chi connectivity index (χ4v) is 3.49. The van der Waals surface area contributed by atoms with Gasteiger partial charge in [0.15, 0.2) is 0 Å². The van der Waals surface area contributed by atoms with E-state index in [-0.39, 0.29) is 11.3 Å². The van der Waals surface area contributed by atoms with Crippen LogP contribution in [0.3, 0.4) is 0 Å². The summed E-state index contributed by atoms with van der Waals surface area (Å²) in [5.41, 5.74) is 0.0449. The monoisotopic (exact) mass is 291 g/mol. The van der Waals surface area contributed by atoms with Crippen LogP contribution in [0.5, 0.6) is 0 Å². The largest absolute Gasteiger partial charge is 0.314 e. The van der Waals surface area contributed by atoms with Crippen molar-refractivity contribution in [2.75, 3.05) is 32.9 Å². The van der Waals surface area contributed by atoms with Crippen LogP contribution in [0.2, 0.25) is 0 Å². The molecule has 0 aliphatic heterocycles. The average molecular weight is 291 g/mol. The molecule has 1 aliphatic rings. The fourth-order valence-electron chi connectivity index (χ4n) is 2.34. The standard InChI is InChI=1S/C13H29N3O2S/c1-12(2)14-9-6-10-19(17,18)15-11-13(16(3)4)7-5-8-13/h12,14-15H,5-11H2,1-4H3. The number of rotatable bonds is 9.